The van der Waals surface area contributed by atoms with Crippen molar-refractivity contribution in [1.29, 1.82) is 0 Å². The van der Waals surface area contributed by atoms with Crippen LogP contribution < -0.4 is 5.56 Å². The lowest BCUT2D eigenvalue weighted by atomic mass is 9.92. The molecule has 1 amide bonds. The van der Waals surface area contributed by atoms with Gasteiger partial charge in [-0.05, 0) is 31.1 Å². The van der Waals surface area contributed by atoms with E-state index >= 15 is 0 Å². The Bertz CT molecular complexity index is 602. The molecular formula is C16H23N3O2S. The number of thioether (sulfide) groups is 1. The van der Waals surface area contributed by atoms with E-state index in [1.807, 2.05) is 15.7 Å². The van der Waals surface area contributed by atoms with Crippen molar-refractivity contribution in [2.45, 2.75) is 44.3 Å². The first-order chi connectivity index (χ1) is 10.5. The van der Waals surface area contributed by atoms with E-state index in [4.69, 9.17) is 0 Å². The molecule has 1 aliphatic heterocycles. The van der Waals surface area contributed by atoms with E-state index in [1.165, 1.54) is 24.2 Å². The van der Waals surface area contributed by atoms with Gasteiger partial charge in [0.25, 0.3) is 5.56 Å². The van der Waals surface area contributed by atoms with E-state index in [9.17, 15) is 9.59 Å². The Morgan fingerprint density at radius 1 is 1.32 bits per heavy atom. The molecular weight excluding hydrogens is 298 g/mol. The van der Waals surface area contributed by atoms with Gasteiger partial charge >= 0.3 is 0 Å². The lowest BCUT2D eigenvalue weighted by Crippen LogP contribution is -2.43. The van der Waals surface area contributed by atoms with Crippen LogP contribution in [-0.4, -0.2) is 39.2 Å². The third kappa shape index (κ3) is 3.72. The summed E-state index contributed by atoms with van der Waals surface area (Å²) in [4.78, 5) is 30.0. The molecule has 0 aromatic carbocycles. The lowest BCUT2D eigenvalue weighted by Gasteiger charge is -2.35. The molecule has 3 rings (SSSR count). The molecule has 0 bridgehead atoms. The molecule has 2 atom stereocenters. The van der Waals surface area contributed by atoms with E-state index in [-0.39, 0.29) is 11.5 Å². The van der Waals surface area contributed by atoms with Gasteiger partial charge in [0, 0.05) is 31.4 Å². The number of amides is 1. The van der Waals surface area contributed by atoms with Gasteiger partial charge in [0.15, 0.2) is 5.16 Å². The molecule has 2 aliphatic rings. The normalized spacial score (nSPS) is 25.3. The van der Waals surface area contributed by atoms with E-state index in [1.54, 1.807) is 0 Å². The zero-order valence-corrected chi connectivity index (χ0v) is 14.0. The summed E-state index contributed by atoms with van der Waals surface area (Å²) in [6, 6.07) is 1.96. The molecule has 5 nitrogen and oxygen atoms in total. The molecule has 2 heterocycles. The summed E-state index contributed by atoms with van der Waals surface area (Å²) < 4.78 is 2.04. The molecule has 0 radical (unpaired) electrons. The molecule has 22 heavy (non-hydrogen) atoms. The maximum Gasteiger partial charge on any atom is 0.273 e. The van der Waals surface area contributed by atoms with Crippen LogP contribution in [0.15, 0.2) is 22.2 Å². The van der Waals surface area contributed by atoms with Gasteiger partial charge in [-0.3, -0.25) is 9.59 Å². The number of piperidine rings is 1. The highest BCUT2D eigenvalue weighted by molar-refractivity contribution is 7.99. The zero-order chi connectivity index (χ0) is 15.7. The molecule has 0 spiro atoms. The van der Waals surface area contributed by atoms with Gasteiger partial charge in [-0.25, -0.2) is 0 Å². The molecule has 1 saturated carbocycles. The molecule has 120 valence electrons. The monoisotopic (exact) mass is 321 g/mol. The van der Waals surface area contributed by atoms with Crippen LogP contribution in [0.1, 0.15) is 39.2 Å². The van der Waals surface area contributed by atoms with Gasteiger partial charge in [-0.2, -0.15) is 4.98 Å². The number of likely N-dealkylation sites (tertiary alicyclic amines) is 1. The minimum Gasteiger partial charge on any atom is -0.341 e. The van der Waals surface area contributed by atoms with Crippen molar-refractivity contribution < 1.29 is 4.79 Å². The fourth-order valence-electron chi connectivity index (χ4n) is 3.22. The average Bonchev–Trinajstić information content (AvgIpc) is 3.28. The molecule has 1 aliphatic carbocycles. The third-order valence-corrected chi connectivity index (χ3v) is 5.24. The van der Waals surface area contributed by atoms with Crippen molar-refractivity contribution in [3.8, 4) is 0 Å². The van der Waals surface area contributed by atoms with Gasteiger partial charge in [-0.15, -0.1) is 0 Å². The molecule has 1 aromatic rings. The highest BCUT2D eigenvalue weighted by atomic mass is 32.2. The van der Waals surface area contributed by atoms with Crippen LogP contribution in [0.4, 0.5) is 0 Å². The number of carbonyl (C=O) groups is 1. The molecule has 1 aromatic heterocycles. The van der Waals surface area contributed by atoms with Crippen molar-refractivity contribution in [1.82, 2.24) is 14.5 Å². The van der Waals surface area contributed by atoms with Gasteiger partial charge in [0.05, 0.1) is 5.75 Å². The molecule has 0 unspecified atom stereocenters. The zero-order valence-electron chi connectivity index (χ0n) is 13.2. The first kappa shape index (κ1) is 15.6. The first-order valence-electron chi connectivity index (χ1n) is 8.02. The minimum absolute atomic E-state index is 0.156. The number of nitrogens with zero attached hydrogens (tertiary/aromatic N) is 3. The van der Waals surface area contributed by atoms with Crippen LogP contribution in [0, 0.1) is 11.8 Å². The van der Waals surface area contributed by atoms with Gasteiger partial charge in [0.2, 0.25) is 5.91 Å². The van der Waals surface area contributed by atoms with Crippen LogP contribution in [0.2, 0.25) is 0 Å². The second-order valence-electron chi connectivity index (χ2n) is 6.72. The third-order valence-electron chi connectivity index (χ3n) is 4.29. The quantitative estimate of drug-likeness (QED) is 0.630. The summed E-state index contributed by atoms with van der Waals surface area (Å²) in [7, 11) is 0. The smallest absolute Gasteiger partial charge is 0.273 e. The highest BCUT2D eigenvalue weighted by Gasteiger charge is 2.27. The average molecular weight is 321 g/mol. The summed E-state index contributed by atoms with van der Waals surface area (Å²) in [5.41, 5.74) is -0.230. The summed E-state index contributed by atoms with van der Waals surface area (Å²) in [5, 5.41) is 0.682. The van der Waals surface area contributed by atoms with Gasteiger partial charge in [0.1, 0.15) is 0 Å². The van der Waals surface area contributed by atoms with Crippen molar-refractivity contribution in [3.05, 3.63) is 22.6 Å². The Labute approximate surface area is 135 Å². The second-order valence-corrected chi connectivity index (χ2v) is 7.66. The van der Waals surface area contributed by atoms with Crippen molar-refractivity contribution in [2.75, 3.05) is 18.8 Å². The van der Waals surface area contributed by atoms with E-state index in [0.717, 1.165) is 25.9 Å². The van der Waals surface area contributed by atoms with E-state index < -0.39 is 0 Å². The standard InChI is InChI=1S/C16H23N3O2S/c1-11-7-12(2)9-18(8-11)15(21)10-22-16-17-14(20)5-6-19(16)13-3-4-13/h5-6,11-13H,3-4,7-10H2,1-2H3/t11-,12-/m1/s1. The van der Waals surface area contributed by atoms with E-state index in [0.29, 0.717) is 28.8 Å². The summed E-state index contributed by atoms with van der Waals surface area (Å²) in [5.74, 6) is 1.65. The lowest BCUT2D eigenvalue weighted by molar-refractivity contribution is -0.130. The molecule has 1 saturated heterocycles. The van der Waals surface area contributed by atoms with Gasteiger partial charge in [-0.1, -0.05) is 25.6 Å². The van der Waals surface area contributed by atoms with Crippen LogP contribution >= 0.6 is 11.8 Å². The Morgan fingerprint density at radius 3 is 2.64 bits per heavy atom. The Balaban J connectivity index is 1.63. The predicted octanol–water partition coefficient (Wildman–Crippen LogP) is 2.17. The van der Waals surface area contributed by atoms with Crippen LogP contribution in [0.3, 0.4) is 0 Å². The summed E-state index contributed by atoms with van der Waals surface area (Å²) in [6.45, 7) is 6.10. The Hall–Kier alpha value is -1.30. The molecule has 0 N–H and O–H groups in total. The summed E-state index contributed by atoms with van der Waals surface area (Å²) >= 11 is 1.39. The number of hydrogen-bond donors (Lipinski definition) is 0. The summed E-state index contributed by atoms with van der Waals surface area (Å²) in [6.07, 6.45) is 5.27. The second kappa shape index (κ2) is 6.44. The topological polar surface area (TPSA) is 55.2 Å². The predicted molar refractivity (Wildman–Crippen MR) is 87.0 cm³/mol. The largest absolute Gasteiger partial charge is 0.341 e. The minimum atomic E-state index is -0.230. The maximum atomic E-state index is 12.4. The van der Waals surface area contributed by atoms with E-state index in [2.05, 4.69) is 18.8 Å². The van der Waals surface area contributed by atoms with Gasteiger partial charge < -0.3 is 9.47 Å². The number of aromatic nitrogens is 2. The number of hydrogen-bond acceptors (Lipinski definition) is 4. The van der Waals surface area contributed by atoms with Crippen molar-refractivity contribution in [3.63, 3.8) is 0 Å². The number of rotatable bonds is 4. The SMILES string of the molecule is C[C@@H]1C[C@@H](C)CN(C(=O)CSc2nc(=O)ccn2C2CC2)C1. The Kier molecular flexibility index (Phi) is 4.57. The van der Waals surface area contributed by atoms with Crippen LogP contribution in [0.25, 0.3) is 0 Å². The molecule has 6 heteroatoms. The highest BCUT2D eigenvalue weighted by Crippen LogP contribution is 2.37. The van der Waals surface area contributed by atoms with Crippen LogP contribution in [-0.2, 0) is 4.79 Å². The maximum absolute atomic E-state index is 12.4. The number of carbonyl (C=O) groups excluding carboxylic acids is 1. The van der Waals surface area contributed by atoms with Crippen LogP contribution in [0.5, 0.6) is 0 Å². The molecule has 2 fully saturated rings. The fraction of sp³-hybridized carbons (Fsp3) is 0.688. The first-order valence-corrected chi connectivity index (χ1v) is 9.01. The Morgan fingerprint density at radius 2 is 2.00 bits per heavy atom. The van der Waals surface area contributed by atoms with Crippen molar-refractivity contribution >= 4 is 17.7 Å². The van der Waals surface area contributed by atoms with Crippen molar-refractivity contribution in [2.24, 2.45) is 11.8 Å². The fourth-order valence-corrected chi connectivity index (χ4v) is 4.17.